The zero-order valence-corrected chi connectivity index (χ0v) is 11.3. The SMILES string of the molecule is CC(C)Cn1c(C(C)O)nc2cc(C(=O)O)ccc21. The van der Waals surface area contributed by atoms with E-state index in [2.05, 4.69) is 18.8 Å². The number of hydrogen-bond donors (Lipinski definition) is 2. The van der Waals surface area contributed by atoms with Crippen LogP contribution in [0.3, 0.4) is 0 Å². The molecule has 19 heavy (non-hydrogen) atoms. The minimum absolute atomic E-state index is 0.207. The molecule has 102 valence electrons. The van der Waals surface area contributed by atoms with Crippen molar-refractivity contribution in [3.63, 3.8) is 0 Å². The quantitative estimate of drug-likeness (QED) is 0.887. The molecule has 5 nitrogen and oxygen atoms in total. The Labute approximate surface area is 111 Å². The predicted molar refractivity (Wildman–Crippen MR) is 72.2 cm³/mol. The van der Waals surface area contributed by atoms with Gasteiger partial charge in [-0.3, -0.25) is 0 Å². The molecule has 2 aromatic rings. The fraction of sp³-hybridized carbons (Fsp3) is 0.429. The first kappa shape index (κ1) is 13.5. The second-order valence-electron chi connectivity index (χ2n) is 5.16. The predicted octanol–water partition coefficient (Wildman–Crippen LogP) is 2.44. The number of carbonyl (C=O) groups is 1. The van der Waals surface area contributed by atoms with Crippen molar-refractivity contribution in [2.45, 2.75) is 33.4 Å². The Bertz CT molecular complexity index is 614. The van der Waals surface area contributed by atoms with E-state index < -0.39 is 12.1 Å². The Hall–Kier alpha value is -1.88. The van der Waals surface area contributed by atoms with Gasteiger partial charge in [0.05, 0.1) is 16.6 Å². The highest BCUT2D eigenvalue weighted by Gasteiger charge is 2.16. The van der Waals surface area contributed by atoms with E-state index >= 15 is 0 Å². The number of carboxylic acids is 1. The molecule has 5 heteroatoms. The molecule has 0 saturated carbocycles. The summed E-state index contributed by atoms with van der Waals surface area (Å²) < 4.78 is 1.95. The molecule has 0 radical (unpaired) electrons. The van der Waals surface area contributed by atoms with Crippen LogP contribution in [0.15, 0.2) is 18.2 Å². The molecule has 1 aromatic carbocycles. The minimum atomic E-state index is -0.973. The summed E-state index contributed by atoms with van der Waals surface area (Å²) in [6.07, 6.45) is -0.681. The van der Waals surface area contributed by atoms with Crippen molar-refractivity contribution in [1.82, 2.24) is 9.55 Å². The summed E-state index contributed by atoms with van der Waals surface area (Å²) in [5, 5.41) is 18.8. The smallest absolute Gasteiger partial charge is 0.335 e. The summed E-state index contributed by atoms with van der Waals surface area (Å²) in [7, 11) is 0. The van der Waals surface area contributed by atoms with E-state index in [0.717, 1.165) is 12.1 Å². The summed E-state index contributed by atoms with van der Waals surface area (Å²) in [6.45, 7) is 6.58. The average molecular weight is 262 g/mol. The third-order valence-corrected chi connectivity index (χ3v) is 2.95. The molecule has 0 saturated heterocycles. The molecular weight excluding hydrogens is 244 g/mol. The molecule has 2 N–H and O–H groups in total. The van der Waals surface area contributed by atoms with Crippen LogP contribution in [0.2, 0.25) is 0 Å². The van der Waals surface area contributed by atoms with E-state index in [1.165, 1.54) is 0 Å². The number of fused-ring (bicyclic) bond motifs is 1. The number of nitrogens with zero attached hydrogens (tertiary/aromatic N) is 2. The van der Waals surface area contributed by atoms with Gasteiger partial charge in [0, 0.05) is 6.54 Å². The number of rotatable bonds is 4. The molecule has 0 fully saturated rings. The minimum Gasteiger partial charge on any atom is -0.478 e. The first-order valence-corrected chi connectivity index (χ1v) is 6.31. The van der Waals surface area contributed by atoms with Gasteiger partial charge in [-0.05, 0) is 31.0 Å². The van der Waals surface area contributed by atoms with E-state index in [-0.39, 0.29) is 5.56 Å². The molecule has 0 aliphatic carbocycles. The molecular formula is C14H18N2O3. The summed E-state index contributed by atoms with van der Waals surface area (Å²) in [6, 6.07) is 4.86. The lowest BCUT2D eigenvalue weighted by Gasteiger charge is -2.13. The molecule has 2 rings (SSSR count). The number of aliphatic hydroxyl groups is 1. The molecule has 1 unspecified atom stereocenters. The van der Waals surface area contributed by atoms with Crippen LogP contribution in [0.4, 0.5) is 0 Å². The van der Waals surface area contributed by atoms with Gasteiger partial charge in [0.25, 0.3) is 0 Å². The van der Waals surface area contributed by atoms with Gasteiger partial charge in [-0.2, -0.15) is 0 Å². The van der Waals surface area contributed by atoms with E-state index in [9.17, 15) is 9.90 Å². The van der Waals surface area contributed by atoms with Crippen LogP contribution in [0.1, 0.15) is 43.1 Å². The van der Waals surface area contributed by atoms with Crippen LogP contribution in [0.25, 0.3) is 11.0 Å². The lowest BCUT2D eigenvalue weighted by Crippen LogP contribution is -2.10. The second-order valence-corrected chi connectivity index (χ2v) is 5.16. The van der Waals surface area contributed by atoms with Gasteiger partial charge in [0.15, 0.2) is 0 Å². The Morgan fingerprint density at radius 3 is 2.58 bits per heavy atom. The van der Waals surface area contributed by atoms with Gasteiger partial charge in [0.1, 0.15) is 11.9 Å². The Balaban J connectivity index is 2.62. The van der Waals surface area contributed by atoms with E-state index in [0.29, 0.717) is 17.3 Å². The lowest BCUT2D eigenvalue weighted by molar-refractivity contribution is 0.0697. The topological polar surface area (TPSA) is 75.3 Å². The number of carboxylic acid groups (broad SMARTS) is 1. The van der Waals surface area contributed by atoms with Crippen molar-refractivity contribution in [3.8, 4) is 0 Å². The zero-order valence-electron chi connectivity index (χ0n) is 11.3. The van der Waals surface area contributed by atoms with Gasteiger partial charge in [0.2, 0.25) is 0 Å². The molecule has 1 atom stereocenters. The van der Waals surface area contributed by atoms with E-state index in [4.69, 9.17) is 5.11 Å². The third kappa shape index (κ3) is 2.61. The van der Waals surface area contributed by atoms with Gasteiger partial charge in [-0.1, -0.05) is 13.8 Å². The van der Waals surface area contributed by atoms with Gasteiger partial charge in [-0.25, -0.2) is 9.78 Å². The first-order chi connectivity index (χ1) is 8.90. The Morgan fingerprint density at radius 2 is 2.05 bits per heavy atom. The molecule has 0 bridgehead atoms. The zero-order chi connectivity index (χ0) is 14.2. The first-order valence-electron chi connectivity index (χ1n) is 6.31. The highest BCUT2D eigenvalue weighted by molar-refractivity contribution is 5.92. The van der Waals surface area contributed by atoms with Crippen LogP contribution in [0, 0.1) is 5.92 Å². The maximum atomic E-state index is 11.0. The number of aromatic nitrogens is 2. The van der Waals surface area contributed by atoms with Gasteiger partial charge >= 0.3 is 5.97 Å². The van der Waals surface area contributed by atoms with Crippen molar-refractivity contribution in [1.29, 1.82) is 0 Å². The molecule has 1 heterocycles. The van der Waals surface area contributed by atoms with Crippen molar-refractivity contribution < 1.29 is 15.0 Å². The van der Waals surface area contributed by atoms with Gasteiger partial charge < -0.3 is 14.8 Å². The summed E-state index contributed by atoms with van der Waals surface area (Å²) in [4.78, 5) is 15.3. The number of benzene rings is 1. The fourth-order valence-corrected chi connectivity index (χ4v) is 2.16. The summed E-state index contributed by atoms with van der Waals surface area (Å²) in [5.74, 6) is 0.0131. The van der Waals surface area contributed by atoms with Gasteiger partial charge in [-0.15, -0.1) is 0 Å². The number of aliphatic hydroxyl groups excluding tert-OH is 1. The third-order valence-electron chi connectivity index (χ3n) is 2.95. The highest BCUT2D eigenvalue weighted by atomic mass is 16.4. The molecule has 0 aliphatic heterocycles. The summed E-state index contributed by atoms with van der Waals surface area (Å²) in [5.41, 5.74) is 1.67. The van der Waals surface area contributed by atoms with E-state index in [1.807, 2.05) is 4.57 Å². The molecule has 0 amide bonds. The van der Waals surface area contributed by atoms with Crippen LogP contribution in [0.5, 0.6) is 0 Å². The van der Waals surface area contributed by atoms with Crippen LogP contribution < -0.4 is 0 Å². The lowest BCUT2D eigenvalue weighted by atomic mass is 10.2. The Kier molecular flexibility index (Phi) is 3.57. The largest absolute Gasteiger partial charge is 0.478 e. The summed E-state index contributed by atoms with van der Waals surface area (Å²) >= 11 is 0. The normalized spacial score (nSPS) is 13.1. The highest BCUT2D eigenvalue weighted by Crippen LogP contribution is 2.23. The van der Waals surface area contributed by atoms with Crippen LogP contribution in [-0.2, 0) is 6.54 Å². The van der Waals surface area contributed by atoms with Crippen LogP contribution in [-0.4, -0.2) is 25.7 Å². The standard InChI is InChI=1S/C14H18N2O3/c1-8(2)7-16-12-5-4-10(14(18)19)6-11(12)15-13(16)9(3)17/h4-6,8-9,17H,7H2,1-3H3,(H,18,19). The Morgan fingerprint density at radius 1 is 1.37 bits per heavy atom. The second kappa shape index (κ2) is 5.01. The number of imidazole rings is 1. The van der Waals surface area contributed by atoms with Crippen molar-refractivity contribution in [3.05, 3.63) is 29.6 Å². The molecule has 1 aromatic heterocycles. The van der Waals surface area contributed by atoms with Crippen molar-refractivity contribution in [2.75, 3.05) is 0 Å². The van der Waals surface area contributed by atoms with E-state index in [1.54, 1.807) is 25.1 Å². The van der Waals surface area contributed by atoms with Crippen molar-refractivity contribution >= 4 is 17.0 Å². The molecule has 0 spiro atoms. The maximum Gasteiger partial charge on any atom is 0.335 e. The van der Waals surface area contributed by atoms with Crippen LogP contribution >= 0.6 is 0 Å². The van der Waals surface area contributed by atoms with Crippen molar-refractivity contribution in [2.24, 2.45) is 5.92 Å². The number of aromatic carboxylic acids is 1. The molecule has 0 aliphatic rings. The average Bonchev–Trinajstić information content (AvgIpc) is 2.66. The number of hydrogen-bond acceptors (Lipinski definition) is 3. The maximum absolute atomic E-state index is 11.0. The monoisotopic (exact) mass is 262 g/mol. The fourth-order valence-electron chi connectivity index (χ4n) is 2.16.